The van der Waals surface area contributed by atoms with Crippen LogP contribution in [0.5, 0.6) is 0 Å². The first kappa shape index (κ1) is 15.7. The number of furan rings is 1. The first-order valence-electron chi connectivity index (χ1n) is 9.41. The summed E-state index contributed by atoms with van der Waals surface area (Å²) in [6.45, 7) is 0. The van der Waals surface area contributed by atoms with E-state index in [1.807, 2.05) is 36.5 Å². The van der Waals surface area contributed by atoms with E-state index >= 15 is 0 Å². The maximum absolute atomic E-state index is 6.84. The molecule has 0 spiro atoms. The third-order valence-corrected chi connectivity index (χ3v) is 5.74. The van der Waals surface area contributed by atoms with Crippen molar-refractivity contribution in [1.82, 2.24) is 4.98 Å². The van der Waals surface area contributed by atoms with Gasteiger partial charge < -0.3 is 4.42 Å². The molecular weight excluding hydrogens is 317 g/mol. The van der Waals surface area contributed by atoms with Crippen LogP contribution in [0, 0.1) is 0 Å². The lowest BCUT2D eigenvalue weighted by atomic mass is 9.56. The van der Waals surface area contributed by atoms with Crippen LogP contribution in [0.1, 0.15) is 37.7 Å². The lowest BCUT2D eigenvalue weighted by Gasteiger charge is -2.36. The molecule has 3 heteroatoms. The Bertz CT molecular complexity index is 1090. The van der Waals surface area contributed by atoms with Crippen molar-refractivity contribution < 1.29 is 4.42 Å². The molecule has 2 heterocycles. The number of hydrogen-bond acceptors (Lipinski definition) is 2. The molecule has 26 heavy (non-hydrogen) atoms. The van der Waals surface area contributed by atoms with Crippen LogP contribution in [0.2, 0.25) is 0 Å². The molecule has 2 nitrogen and oxygen atoms in total. The van der Waals surface area contributed by atoms with E-state index in [1.165, 1.54) is 24.8 Å². The van der Waals surface area contributed by atoms with Gasteiger partial charge in [-0.05, 0) is 41.2 Å². The summed E-state index contributed by atoms with van der Waals surface area (Å²) in [6, 6.07) is 18.7. The van der Waals surface area contributed by atoms with Crippen LogP contribution in [0.3, 0.4) is 0 Å². The molecule has 2 aromatic heterocycles. The fraction of sp³-hybridized carbons (Fsp3) is 0.261. The Kier molecular flexibility index (Phi) is 3.63. The van der Waals surface area contributed by atoms with Crippen LogP contribution in [0.25, 0.3) is 33.2 Å². The highest BCUT2D eigenvalue weighted by atomic mass is 16.3. The van der Waals surface area contributed by atoms with Gasteiger partial charge in [-0.1, -0.05) is 56.4 Å². The average molecular weight is 337 g/mol. The van der Waals surface area contributed by atoms with E-state index in [0.717, 1.165) is 46.0 Å². The van der Waals surface area contributed by atoms with E-state index in [9.17, 15) is 0 Å². The zero-order valence-corrected chi connectivity index (χ0v) is 14.7. The molecule has 126 valence electrons. The first-order valence-corrected chi connectivity index (χ1v) is 9.41. The Labute approximate surface area is 154 Å². The molecule has 0 amide bonds. The molecule has 1 aliphatic carbocycles. The van der Waals surface area contributed by atoms with E-state index in [-0.39, 0.29) is 5.31 Å². The summed E-state index contributed by atoms with van der Waals surface area (Å²) < 4.78 is 5.96. The van der Waals surface area contributed by atoms with E-state index < -0.39 is 0 Å². The fourth-order valence-electron chi connectivity index (χ4n) is 4.36. The van der Waals surface area contributed by atoms with Crippen LogP contribution >= 0.6 is 0 Å². The van der Waals surface area contributed by atoms with Gasteiger partial charge in [0.25, 0.3) is 0 Å². The molecular formula is C23H20BNO. The van der Waals surface area contributed by atoms with Crippen molar-refractivity contribution in [2.24, 2.45) is 0 Å². The summed E-state index contributed by atoms with van der Waals surface area (Å²) in [5, 5.41) is 2.00. The maximum atomic E-state index is 6.84. The maximum Gasteiger partial charge on any atom is 0.135 e. The predicted molar refractivity (Wildman–Crippen MR) is 107 cm³/mol. The van der Waals surface area contributed by atoms with Crippen molar-refractivity contribution >= 4 is 29.8 Å². The second-order valence-electron chi connectivity index (χ2n) is 7.43. The molecule has 0 bridgehead atoms. The van der Waals surface area contributed by atoms with Gasteiger partial charge in [0.05, 0.1) is 13.5 Å². The number of aromatic nitrogens is 1. The Morgan fingerprint density at radius 3 is 2.54 bits per heavy atom. The molecule has 0 aliphatic heterocycles. The minimum Gasteiger partial charge on any atom is -0.456 e. The number of hydrogen-bond donors (Lipinski definition) is 0. The van der Waals surface area contributed by atoms with Gasteiger partial charge in [-0.3, -0.25) is 4.98 Å². The minimum absolute atomic E-state index is 0.269. The SMILES string of the molecule is [B]C1(c2cccnc2-c2ccc3oc4ccccc4c3c2)CCCCC1. The molecule has 4 aromatic rings. The molecule has 1 aliphatic rings. The molecule has 1 fully saturated rings. The van der Waals surface area contributed by atoms with Gasteiger partial charge in [0, 0.05) is 22.5 Å². The zero-order valence-electron chi connectivity index (χ0n) is 14.7. The Balaban J connectivity index is 1.70. The highest BCUT2D eigenvalue weighted by Crippen LogP contribution is 2.41. The van der Waals surface area contributed by atoms with Gasteiger partial charge in [0.2, 0.25) is 0 Å². The number of nitrogens with zero attached hydrogens (tertiary/aromatic N) is 1. The third-order valence-electron chi connectivity index (χ3n) is 5.74. The normalized spacial score (nSPS) is 16.9. The number of benzene rings is 2. The lowest BCUT2D eigenvalue weighted by Crippen LogP contribution is -2.30. The molecule has 0 saturated heterocycles. The van der Waals surface area contributed by atoms with E-state index in [2.05, 4.69) is 24.3 Å². The van der Waals surface area contributed by atoms with E-state index in [0.29, 0.717) is 0 Å². The lowest BCUT2D eigenvalue weighted by molar-refractivity contribution is 0.398. The number of pyridine rings is 1. The molecule has 0 N–H and O–H groups in total. The fourth-order valence-corrected chi connectivity index (χ4v) is 4.36. The van der Waals surface area contributed by atoms with Crippen LogP contribution < -0.4 is 0 Å². The number of fused-ring (bicyclic) bond motifs is 3. The van der Waals surface area contributed by atoms with Crippen molar-refractivity contribution in [2.45, 2.75) is 37.4 Å². The highest BCUT2D eigenvalue weighted by Gasteiger charge is 2.31. The van der Waals surface area contributed by atoms with Gasteiger partial charge in [-0.25, -0.2) is 0 Å². The van der Waals surface area contributed by atoms with Gasteiger partial charge in [-0.15, -0.1) is 0 Å². The summed E-state index contributed by atoms with van der Waals surface area (Å²) in [4.78, 5) is 4.73. The Morgan fingerprint density at radius 2 is 1.65 bits per heavy atom. The Hall–Kier alpha value is -2.55. The minimum atomic E-state index is -0.269. The molecule has 5 rings (SSSR count). The van der Waals surface area contributed by atoms with Crippen molar-refractivity contribution in [3.63, 3.8) is 0 Å². The van der Waals surface area contributed by atoms with Gasteiger partial charge >= 0.3 is 0 Å². The third kappa shape index (κ3) is 2.46. The topological polar surface area (TPSA) is 26.0 Å². The summed E-state index contributed by atoms with van der Waals surface area (Å²) in [5.74, 6) is 0. The first-order chi connectivity index (χ1) is 12.7. The van der Waals surface area contributed by atoms with Crippen LogP contribution in [-0.4, -0.2) is 12.8 Å². The van der Waals surface area contributed by atoms with Crippen molar-refractivity contribution in [1.29, 1.82) is 0 Å². The van der Waals surface area contributed by atoms with E-state index in [4.69, 9.17) is 17.2 Å². The molecule has 1 saturated carbocycles. The zero-order chi connectivity index (χ0) is 17.6. The molecule has 2 aromatic carbocycles. The molecule has 0 unspecified atom stereocenters. The second-order valence-corrected chi connectivity index (χ2v) is 7.43. The van der Waals surface area contributed by atoms with E-state index in [1.54, 1.807) is 0 Å². The Morgan fingerprint density at radius 1 is 0.846 bits per heavy atom. The largest absolute Gasteiger partial charge is 0.456 e. The quantitative estimate of drug-likeness (QED) is 0.421. The monoisotopic (exact) mass is 337 g/mol. The second kappa shape index (κ2) is 6.01. The molecule has 2 radical (unpaired) electrons. The summed E-state index contributed by atoms with van der Waals surface area (Å²) in [5.41, 5.74) is 5.11. The smallest absolute Gasteiger partial charge is 0.135 e. The van der Waals surface area contributed by atoms with Crippen molar-refractivity contribution in [2.75, 3.05) is 0 Å². The van der Waals surface area contributed by atoms with Crippen molar-refractivity contribution in [3.8, 4) is 11.3 Å². The van der Waals surface area contributed by atoms with Gasteiger partial charge in [0.1, 0.15) is 11.2 Å². The number of para-hydroxylation sites is 1. The standard InChI is InChI=1S/C23H20BNO/c24-23(12-4-1-5-13-23)19-8-6-14-25-22(19)16-10-11-21-18(15-16)17-7-2-3-9-20(17)26-21/h2-3,6-11,14-15H,1,4-5,12-13H2. The van der Waals surface area contributed by atoms with Crippen molar-refractivity contribution in [3.05, 3.63) is 66.4 Å². The van der Waals surface area contributed by atoms with Crippen LogP contribution in [-0.2, 0) is 5.31 Å². The molecule has 0 atom stereocenters. The van der Waals surface area contributed by atoms with Crippen LogP contribution in [0.15, 0.2) is 65.2 Å². The average Bonchev–Trinajstić information content (AvgIpc) is 3.06. The van der Waals surface area contributed by atoms with Crippen LogP contribution in [0.4, 0.5) is 0 Å². The van der Waals surface area contributed by atoms with Gasteiger partial charge in [0.15, 0.2) is 0 Å². The predicted octanol–water partition coefficient (Wildman–Crippen LogP) is 5.98. The summed E-state index contributed by atoms with van der Waals surface area (Å²) in [7, 11) is 6.84. The summed E-state index contributed by atoms with van der Waals surface area (Å²) in [6.07, 6.45) is 7.59. The number of rotatable bonds is 2. The highest BCUT2D eigenvalue weighted by molar-refractivity contribution is 6.16. The summed E-state index contributed by atoms with van der Waals surface area (Å²) >= 11 is 0. The van der Waals surface area contributed by atoms with Gasteiger partial charge in [-0.2, -0.15) is 0 Å².